The van der Waals surface area contributed by atoms with Gasteiger partial charge >= 0.3 is 0 Å². The smallest absolute Gasteiger partial charge is 0.131 e. The van der Waals surface area contributed by atoms with E-state index in [2.05, 4.69) is 26.2 Å². The summed E-state index contributed by atoms with van der Waals surface area (Å²) in [5.41, 5.74) is 0.691. The summed E-state index contributed by atoms with van der Waals surface area (Å²) in [7, 11) is 1.65. The van der Waals surface area contributed by atoms with E-state index in [9.17, 15) is 8.78 Å². The van der Waals surface area contributed by atoms with Crippen LogP contribution in [0, 0.1) is 11.6 Å². The van der Waals surface area contributed by atoms with Gasteiger partial charge in [-0.15, -0.1) is 0 Å². The van der Waals surface area contributed by atoms with Crippen molar-refractivity contribution in [2.45, 2.75) is 6.04 Å². The second kappa shape index (κ2) is 5.54. The molecule has 0 saturated heterocycles. The molecule has 0 saturated carbocycles. The van der Waals surface area contributed by atoms with E-state index in [4.69, 9.17) is 0 Å². The SMILES string of the molecule is CNC(c1cncc(Br)c1)c1c(F)cccc1F. The van der Waals surface area contributed by atoms with E-state index in [1.54, 1.807) is 25.5 Å². The molecule has 1 unspecified atom stereocenters. The molecule has 2 rings (SSSR count). The molecular weight excluding hydrogens is 302 g/mol. The zero-order valence-corrected chi connectivity index (χ0v) is 11.2. The van der Waals surface area contributed by atoms with Crippen LogP contribution in [-0.2, 0) is 0 Å². The van der Waals surface area contributed by atoms with Crippen molar-refractivity contribution < 1.29 is 8.78 Å². The number of halogens is 3. The fraction of sp³-hybridized carbons (Fsp3) is 0.154. The van der Waals surface area contributed by atoms with Crippen LogP contribution in [0.2, 0.25) is 0 Å². The minimum Gasteiger partial charge on any atom is -0.309 e. The highest BCUT2D eigenvalue weighted by Crippen LogP contribution is 2.27. The van der Waals surface area contributed by atoms with Crippen molar-refractivity contribution in [1.82, 2.24) is 10.3 Å². The summed E-state index contributed by atoms with van der Waals surface area (Å²) in [5.74, 6) is -1.15. The molecule has 1 N–H and O–H groups in total. The van der Waals surface area contributed by atoms with Gasteiger partial charge in [0.15, 0.2) is 0 Å². The molecule has 0 spiro atoms. The highest BCUT2D eigenvalue weighted by atomic mass is 79.9. The molecule has 0 amide bonds. The van der Waals surface area contributed by atoms with Gasteiger partial charge in [0, 0.05) is 22.4 Å². The van der Waals surface area contributed by atoms with Crippen molar-refractivity contribution in [3.63, 3.8) is 0 Å². The Morgan fingerprint density at radius 1 is 1.22 bits per heavy atom. The molecule has 18 heavy (non-hydrogen) atoms. The van der Waals surface area contributed by atoms with Crippen LogP contribution in [0.15, 0.2) is 41.1 Å². The molecule has 1 heterocycles. The van der Waals surface area contributed by atoms with Gasteiger partial charge in [0.1, 0.15) is 11.6 Å². The Labute approximate surface area is 112 Å². The van der Waals surface area contributed by atoms with Gasteiger partial charge in [-0.2, -0.15) is 0 Å². The normalized spacial score (nSPS) is 12.4. The number of benzene rings is 1. The molecule has 5 heteroatoms. The molecular formula is C13H11BrF2N2. The lowest BCUT2D eigenvalue weighted by atomic mass is 9.99. The van der Waals surface area contributed by atoms with Gasteiger partial charge in [-0.3, -0.25) is 4.98 Å². The van der Waals surface area contributed by atoms with Gasteiger partial charge in [0.25, 0.3) is 0 Å². The largest absolute Gasteiger partial charge is 0.309 e. The van der Waals surface area contributed by atoms with Crippen molar-refractivity contribution in [3.8, 4) is 0 Å². The number of nitrogens with one attached hydrogen (secondary N) is 1. The molecule has 0 fully saturated rings. The average molecular weight is 313 g/mol. The minimum atomic E-state index is -0.575. The average Bonchev–Trinajstić information content (AvgIpc) is 2.34. The quantitative estimate of drug-likeness (QED) is 0.939. The Bertz CT molecular complexity index is 540. The maximum Gasteiger partial charge on any atom is 0.131 e. The number of nitrogens with zero attached hydrogens (tertiary/aromatic N) is 1. The monoisotopic (exact) mass is 312 g/mol. The Kier molecular flexibility index (Phi) is 4.04. The summed E-state index contributed by atoms with van der Waals surface area (Å²) in [6.45, 7) is 0. The first-order valence-electron chi connectivity index (χ1n) is 5.35. The highest BCUT2D eigenvalue weighted by molar-refractivity contribution is 9.10. The maximum atomic E-state index is 13.8. The van der Waals surface area contributed by atoms with E-state index in [1.807, 2.05) is 0 Å². The number of pyridine rings is 1. The number of hydrogen-bond donors (Lipinski definition) is 1. The maximum absolute atomic E-state index is 13.8. The van der Waals surface area contributed by atoms with Crippen LogP contribution in [0.5, 0.6) is 0 Å². The van der Waals surface area contributed by atoms with Crippen LogP contribution in [0.4, 0.5) is 8.78 Å². The zero-order valence-electron chi connectivity index (χ0n) is 9.62. The fourth-order valence-corrected chi connectivity index (χ4v) is 2.23. The van der Waals surface area contributed by atoms with Crippen molar-refractivity contribution in [3.05, 3.63) is 63.9 Å². The lowest BCUT2D eigenvalue weighted by Gasteiger charge is -2.18. The minimum absolute atomic E-state index is 0.0000926. The molecule has 1 aromatic heterocycles. The van der Waals surface area contributed by atoms with E-state index in [0.29, 0.717) is 5.56 Å². The molecule has 2 nitrogen and oxygen atoms in total. The summed E-state index contributed by atoms with van der Waals surface area (Å²) < 4.78 is 28.3. The van der Waals surface area contributed by atoms with Gasteiger partial charge in [-0.25, -0.2) is 8.78 Å². The highest BCUT2D eigenvalue weighted by Gasteiger charge is 2.20. The Balaban J connectivity index is 2.52. The molecule has 0 aliphatic carbocycles. The summed E-state index contributed by atoms with van der Waals surface area (Å²) in [6, 6.07) is 5.04. The predicted octanol–water partition coefficient (Wildman–Crippen LogP) is 3.43. The molecule has 2 aromatic rings. The van der Waals surface area contributed by atoms with E-state index in [-0.39, 0.29) is 5.56 Å². The molecule has 0 aliphatic heterocycles. The van der Waals surface area contributed by atoms with Gasteiger partial charge in [0.05, 0.1) is 6.04 Å². The summed E-state index contributed by atoms with van der Waals surface area (Å²) in [6.07, 6.45) is 3.20. The van der Waals surface area contributed by atoms with Crippen LogP contribution in [0.3, 0.4) is 0 Å². The van der Waals surface area contributed by atoms with Gasteiger partial charge in [-0.1, -0.05) is 6.07 Å². The number of rotatable bonds is 3. The second-order valence-corrected chi connectivity index (χ2v) is 4.71. The molecule has 94 valence electrons. The second-order valence-electron chi connectivity index (χ2n) is 3.79. The number of hydrogen-bond acceptors (Lipinski definition) is 2. The lowest BCUT2D eigenvalue weighted by Crippen LogP contribution is -2.20. The first-order chi connectivity index (χ1) is 8.63. The van der Waals surface area contributed by atoms with Gasteiger partial charge in [-0.05, 0) is 46.7 Å². The van der Waals surface area contributed by atoms with E-state index >= 15 is 0 Å². The Hall–Kier alpha value is -1.33. The van der Waals surface area contributed by atoms with Crippen LogP contribution in [0.25, 0.3) is 0 Å². The van der Waals surface area contributed by atoms with E-state index in [0.717, 1.165) is 4.47 Å². The fourth-order valence-electron chi connectivity index (χ4n) is 1.85. The lowest BCUT2D eigenvalue weighted by molar-refractivity contribution is 0.521. The van der Waals surface area contributed by atoms with Crippen molar-refractivity contribution in [1.29, 1.82) is 0 Å². The van der Waals surface area contributed by atoms with Crippen molar-refractivity contribution >= 4 is 15.9 Å². The number of aromatic nitrogens is 1. The first kappa shape index (κ1) is 13.1. The van der Waals surface area contributed by atoms with Gasteiger partial charge < -0.3 is 5.32 Å². The van der Waals surface area contributed by atoms with Crippen LogP contribution in [-0.4, -0.2) is 12.0 Å². The molecule has 0 radical (unpaired) electrons. The van der Waals surface area contributed by atoms with Crippen molar-refractivity contribution in [2.75, 3.05) is 7.05 Å². The standard InChI is InChI=1S/C13H11BrF2N2/c1-17-13(8-5-9(14)7-18-6-8)12-10(15)3-2-4-11(12)16/h2-7,13,17H,1H3. The molecule has 1 aromatic carbocycles. The Morgan fingerprint density at radius 2 is 1.89 bits per heavy atom. The third-order valence-electron chi connectivity index (χ3n) is 2.64. The molecule has 0 bridgehead atoms. The first-order valence-corrected chi connectivity index (χ1v) is 6.14. The van der Waals surface area contributed by atoms with Gasteiger partial charge in [0.2, 0.25) is 0 Å². The molecule has 1 atom stereocenters. The topological polar surface area (TPSA) is 24.9 Å². The van der Waals surface area contributed by atoms with E-state index in [1.165, 1.54) is 18.2 Å². The zero-order chi connectivity index (χ0) is 13.1. The van der Waals surface area contributed by atoms with Crippen LogP contribution in [0.1, 0.15) is 17.2 Å². The van der Waals surface area contributed by atoms with Crippen molar-refractivity contribution in [2.24, 2.45) is 0 Å². The summed E-state index contributed by atoms with van der Waals surface area (Å²) in [4.78, 5) is 4.01. The van der Waals surface area contributed by atoms with E-state index < -0.39 is 17.7 Å². The summed E-state index contributed by atoms with van der Waals surface area (Å²) in [5, 5.41) is 2.90. The Morgan fingerprint density at radius 3 is 2.44 bits per heavy atom. The molecule has 0 aliphatic rings. The van der Waals surface area contributed by atoms with Crippen LogP contribution < -0.4 is 5.32 Å². The predicted molar refractivity (Wildman–Crippen MR) is 69.2 cm³/mol. The van der Waals surface area contributed by atoms with Crippen LogP contribution >= 0.6 is 15.9 Å². The summed E-state index contributed by atoms with van der Waals surface area (Å²) >= 11 is 3.29. The third-order valence-corrected chi connectivity index (χ3v) is 3.07. The third kappa shape index (κ3) is 2.57.